The molecule has 0 unspecified atom stereocenters. The second-order valence-corrected chi connectivity index (χ2v) is 7.65. The summed E-state index contributed by atoms with van der Waals surface area (Å²) < 4.78 is 1.32. The molecule has 0 saturated heterocycles. The van der Waals surface area contributed by atoms with Crippen molar-refractivity contribution in [1.82, 2.24) is 0 Å². The fourth-order valence-electron chi connectivity index (χ4n) is 3.55. The Morgan fingerprint density at radius 1 is 0.526 bits per heavy atom. The molecule has 0 aliphatic heterocycles. The van der Waals surface area contributed by atoms with Gasteiger partial charge in [-0.25, -0.2) is 0 Å². The Morgan fingerprint density at radius 2 is 0.684 bits per heavy atom. The predicted molar refractivity (Wildman–Crippen MR) is 82.7 cm³/mol. The molecule has 0 heterocycles. The van der Waals surface area contributed by atoms with Crippen molar-refractivity contribution in [2.75, 3.05) is 26.2 Å². The smallest absolute Gasteiger partial charge is 0.0810 e. The van der Waals surface area contributed by atoms with Crippen LogP contribution in [0.25, 0.3) is 0 Å². The summed E-state index contributed by atoms with van der Waals surface area (Å²) in [6, 6.07) is 0. The van der Waals surface area contributed by atoms with Crippen LogP contribution >= 0.6 is 0 Å². The molecule has 0 aromatic carbocycles. The van der Waals surface area contributed by atoms with Gasteiger partial charge in [-0.05, 0) is 0 Å². The number of rotatable bonds is 8. The molecule has 0 radical (unpaired) electrons. The lowest BCUT2D eigenvalue weighted by atomic mass is 10.0. The third-order valence-corrected chi connectivity index (χ3v) is 3.01. The van der Waals surface area contributed by atoms with E-state index < -0.39 is 0 Å². The van der Waals surface area contributed by atoms with Gasteiger partial charge in [-0.3, -0.25) is 0 Å². The molecule has 0 bridgehead atoms. The van der Waals surface area contributed by atoms with Crippen molar-refractivity contribution in [3.8, 4) is 0 Å². The van der Waals surface area contributed by atoms with Crippen molar-refractivity contribution >= 4 is 0 Å². The first kappa shape index (κ1) is 24.4. The van der Waals surface area contributed by atoms with Gasteiger partial charge in [-0.1, -0.05) is 55.4 Å². The van der Waals surface area contributed by atoms with E-state index in [0.29, 0.717) is 0 Å². The van der Waals surface area contributed by atoms with Crippen molar-refractivity contribution in [3.63, 3.8) is 0 Å². The highest BCUT2D eigenvalue weighted by Gasteiger charge is 2.31. The van der Waals surface area contributed by atoms with Gasteiger partial charge >= 0.3 is 0 Å². The molecule has 2 nitrogen and oxygen atoms in total. The molecule has 19 heavy (non-hydrogen) atoms. The fourth-order valence-corrected chi connectivity index (χ4v) is 3.55. The molecule has 0 fully saturated rings. The standard InChI is InChI=1S/C16H36N.BrH.H2O/c1-13(2)9-17(10-14(3)4,11-15(5)6)12-16(7)8;;/h13-16H,9-12H2,1-8H3;1H;1H2/q+1;;/p-1. The molecule has 120 valence electrons. The van der Waals surface area contributed by atoms with Gasteiger partial charge in [0.05, 0.1) is 26.2 Å². The van der Waals surface area contributed by atoms with Gasteiger partial charge in [0.2, 0.25) is 0 Å². The van der Waals surface area contributed by atoms with E-state index in [1.54, 1.807) is 0 Å². The third kappa shape index (κ3) is 11.9. The van der Waals surface area contributed by atoms with Gasteiger partial charge in [-0.2, -0.15) is 0 Å². The topological polar surface area (TPSA) is 31.5 Å². The molecule has 3 heteroatoms. The van der Waals surface area contributed by atoms with E-state index in [0.717, 1.165) is 23.7 Å². The molecule has 0 aliphatic carbocycles. The summed E-state index contributed by atoms with van der Waals surface area (Å²) >= 11 is 0. The lowest BCUT2D eigenvalue weighted by Crippen LogP contribution is -3.00. The monoisotopic (exact) mass is 339 g/mol. The first-order chi connectivity index (χ1) is 7.67. The van der Waals surface area contributed by atoms with Crippen LogP contribution in [-0.4, -0.2) is 36.1 Å². The minimum Gasteiger partial charge on any atom is -1.00 e. The summed E-state index contributed by atoms with van der Waals surface area (Å²) in [6.07, 6.45) is 0. The number of nitrogens with zero attached hydrogens (tertiary/aromatic N) is 1. The maximum absolute atomic E-state index is 2.37. The van der Waals surface area contributed by atoms with Crippen LogP contribution in [0.3, 0.4) is 0 Å². The summed E-state index contributed by atoms with van der Waals surface area (Å²) in [7, 11) is 0. The van der Waals surface area contributed by atoms with E-state index in [9.17, 15) is 0 Å². The Balaban J connectivity index is -0.00000128. The molecule has 0 aromatic rings. The highest BCUT2D eigenvalue weighted by atomic mass is 79.9. The largest absolute Gasteiger partial charge is 1.00 e. The summed E-state index contributed by atoms with van der Waals surface area (Å²) in [5, 5.41) is 0. The van der Waals surface area contributed by atoms with Gasteiger partial charge in [0.25, 0.3) is 0 Å². The second kappa shape index (κ2) is 11.1. The molecule has 0 saturated carbocycles. The van der Waals surface area contributed by atoms with E-state index in [1.807, 2.05) is 0 Å². The quantitative estimate of drug-likeness (QED) is 0.580. The van der Waals surface area contributed by atoms with Crippen molar-refractivity contribution in [2.24, 2.45) is 23.7 Å². The zero-order valence-electron chi connectivity index (χ0n) is 14.5. The summed E-state index contributed by atoms with van der Waals surface area (Å²) in [6.45, 7) is 24.3. The van der Waals surface area contributed by atoms with Crippen molar-refractivity contribution < 1.29 is 26.9 Å². The first-order valence-corrected chi connectivity index (χ1v) is 7.52. The Kier molecular flexibility index (Phi) is 14.3. The van der Waals surface area contributed by atoms with Gasteiger partial charge in [0.1, 0.15) is 0 Å². The molecule has 0 aliphatic rings. The van der Waals surface area contributed by atoms with Crippen molar-refractivity contribution in [2.45, 2.75) is 55.4 Å². The van der Waals surface area contributed by atoms with Gasteiger partial charge in [0.15, 0.2) is 0 Å². The first-order valence-electron chi connectivity index (χ1n) is 7.52. The lowest BCUT2D eigenvalue weighted by Gasteiger charge is -2.44. The molecule has 2 N–H and O–H groups in total. The zero-order chi connectivity index (χ0) is 13.6. The number of hydrogen-bond donors (Lipinski definition) is 0. The van der Waals surface area contributed by atoms with E-state index in [4.69, 9.17) is 0 Å². The van der Waals surface area contributed by atoms with Crippen LogP contribution in [0.15, 0.2) is 0 Å². The van der Waals surface area contributed by atoms with E-state index in [1.165, 1.54) is 30.7 Å². The summed E-state index contributed by atoms with van der Waals surface area (Å²) in [5.41, 5.74) is 0. The van der Waals surface area contributed by atoms with Gasteiger partial charge < -0.3 is 26.9 Å². The van der Waals surface area contributed by atoms with Crippen molar-refractivity contribution in [3.05, 3.63) is 0 Å². The van der Waals surface area contributed by atoms with E-state index in [-0.39, 0.29) is 22.5 Å². The van der Waals surface area contributed by atoms with Crippen molar-refractivity contribution in [1.29, 1.82) is 0 Å². The van der Waals surface area contributed by atoms with Crippen LogP contribution in [0, 0.1) is 23.7 Å². The maximum atomic E-state index is 2.37. The Morgan fingerprint density at radius 3 is 0.789 bits per heavy atom. The summed E-state index contributed by atoms with van der Waals surface area (Å²) in [4.78, 5) is 0. The average molecular weight is 340 g/mol. The fraction of sp³-hybridized carbons (Fsp3) is 1.00. The molecule has 0 rings (SSSR count). The van der Waals surface area contributed by atoms with Gasteiger partial charge in [-0.15, -0.1) is 0 Å². The van der Waals surface area contributed by atoms with Crippen LogP contribution in [-0.2, 0) is 0 Å². The number of halogens is 1. The normalized spacial score (nSPS) is 12.0. The molecule has 0 spiro atoms. The summed E-state index contributed by atoms with van der Waals surface area (Å²) in [5.74, 6) is 3.19. The Bertz CT molecular complexity index is 157. The average Bonchev–Trinajstić information content (AvgIpc) is 1.95. The van der Waals surface area contributed by atoms with Crippen LogP contribution < -0.4 is 17.0 Å². The zero-order valence-corrected chi connectivity index (χ0v) is 16.0. The number of hydrogen-bond acceptors (Lipinski definition) is 0. The van der Waals surface area contributed by atoms with Crippen LogP contribution in [0.5, 0.6) is 0 Å². The van der Waals surface area contributed by atoms with Crippen LogP contribution in [0.2, 0.25) is 0 Å². The minimum atomic E-state index is 0. The SMILES string of the molecule is CC(C)C[N+](CC(C)C)(CC(C)C)CC(C)C.O.[Br-]. The van der Waals surface area contributed by atoms with Crippen LogP contribution in [0.4, 0.5) is 0 Å². The Hall–Kier alpha value is 0.400. The van der Waals surface area contributed by atoms with E-state index >= 15 is 0 Å². The molecule has 0 atom stereocenters. The van der Waals surface area contributed by atoms with Crippen LogP contribution in [0.1, 0.15) is 55.4 Å². The molecule has 0 aromatic heterocycles. The Labute approximate surface area is 132 Å². The van der Waals surface area contributed by atoms with Gasteiger partial charge in [0, 0.05) is 23.7 Å². The molecular formula is C16H38BrNO. The third-order valence-electron chi connectivity index (χ3n) is 3.01. The minimum absolute atomic E-state index is 0. The molecule has 0 amide bonds. The molecular weight excluding hydrogens is 302 g/mol. The highest BCUT2D eigenvalue weighted by molar-refractivity contribution is 4.57. The second-order valence-electron chi connectivity index (χ2n) is 7.65. The van der Waals surface area contributed by atoms with E-state index in [2.05, 4.69) is 55.4 Å². The number of quaternary nitrogens is 1. The lowest BCUT2D eigenvalue weighted by molar-refractivity contribution is -0.938. The highest BCUT2D eigenvalue weighted by Crippen LogP contribution is 2.21. The maximum Gasteiger partial charge on any atom is 0.0810 e. The predicted octanol–water partition coefficient (Wildman–Crippen LogP) is 0.607.